The molecule has 3 aromatic rings. The van der Waals surface area contributed by atoms with Gasteiger partial charge in [-0.15, -0.1) is 0 Å². The van der Waals surface area contributed by atoms with Crippen molar-refractivity contribution in [1.82, 2.24) is 0 Å². The number of benzene rings is 3. The number of phenols is 1. The van der Waals surface area contributed by atoms with Crippen LogP contribution >= 0.6 is 31.9 Å². The Bertz CT molecular complexity index is 1220. The number of carbonyl (C=O) groups excluding carboxylic acids is 3. The molecule has 0 aliphatic carbocycles. The van der Waals surface area contributed by atoms with Crippen LogP contribution in [0.25, 0.3) is 0 Å². The zero-order valence-electron chi connectivity index (χ0n) is 17.4. The van der Waals surface area contributed by atoms with Crippen LogP contribution in [0.4, 0.5) is 5.69 Å². The van der Waals surface area contributed by atoms with Gasteiger partial charge in [0.2, 0.25) is 0 Å². The van der Waals surface area contributed by atoms with E-state index in [0.29, 0.717) is 10.0 Å². The number of rotatable bonds is 5. The average molecular weight is 579 g/mol. The van der Waals surface area contributed by atoms with Crippen LogP contribution in [0.15, 0.2) is 69.6 Å². The molecule has 1 N–H and O–H groups in total. The summed E-state index contributed by atoms with van der Waals surface area (Å²) in [5.74, 6) is -0.906. The number of aromatic hydroxyl groups is 1. The minimum atomic E-state index is -0.695. The van der Waals surface area contributed by atoms with Gasteiger partial charge in [0.05, 0.1) is 21.6 Å². The number of hydrogen-bond acceptors (Lipinski definition) is 7. The van der Waals surface area contributed by atoms with Crippen LogP contribution < -0.4 is 4.74 Å². The maximum absolute atomic E-state index is 12.0. The Morgan fingerprint density at radius 1 is 0.848 bits per heavy atom. The van der Waals surface area contributed by atoms with Crippen molar-refractivity contribution in [3.8, 4) is 11.5 Å². The van der Waals surface area contributed by atoms with Crippen molar-refractivity contribution in [3.63, 3.8) is 0 Å². The number of nitrogens with zero attached hydrogens (tertiary/aromatic N) is 1. The first kappa shape index (κ1) is 25.9. The number of ether oxygens (including phenoxy) is 1. The van der Waals surface area contributed by atoms with Crippen LogP contribution in [-0.2, 0) is 0 Å². The van der Waals surface area contributed by atoms with Crippen LogP contribution in [0.3, 0.4) is 0 Å². The lowest BCUT2D eigenvalue weighted by molar-refractivity contribution is -0.384. The first-order valence-corrected chi connectivity index (χ1v) is 10.8. The Labute approximate surface area is 205 Å². The molecule has 0 fully saturated rings. The highest BCUT2D eigenvalue weighted by atomic mass is 79.9. The number of phenolic OH excluding ortho intramolecular Hbond substituents is 1. The lowest BCUT2D eigenvalue weighted by Crippen LogP contribution is -2.11. The standard InChI is InChI=1S/C15H10BrNO5.C8H7BrO2/c1-9(18)13-8-11(16)4-7-14(13)22-15(19)10-2-5-12(6-3-10)17(20)21;1-5(10)7-4-6(9)2-3-8(7)11/h2-8H,1H3;2-4,11H,1H3. The Hall–Kier alpha value is -3.37. The second kappa shape index (κ2) is 11.5. The molecule has 0 amide bonds. The van der Waals surface area contributed by atoms with Gasteiger partial charge in [-0.1, -0.05) is 31.9 Å². The molecule has 3 aromatic carbocycles. The summed E-state index contributed by atoms with van der Waals surface area (Å²) in [6.07, 6.45) is 0. The first-order chi connectivity index (χ1) is 15.5. The molecule has 0 bridgehead atoms. The minimum absolute atomic E-state index is 0.0284. The Morgan fingerprint density at radius 3 is 1.85 bits per heavy atom. The van der Waals surface area contributed by atoms with Gasteiger partial charge in [0, 0.05) is 21.1 Å². The van der Waals surface area contributed by atoms with Crippen molar-refractivity contribution in [2.75, 3.05) is 0 Å². The summed E-state index contributed by atoms with van der Waals surface area (Å²) in [5.41, 5.74) is 0.650. The van der Waals surface area contributed by atoms with Crippen LogP contribution in [0.1, 0.15) is 44.9 Å². The molecule has 0 saturated heterocycles. The number of nitro benzene ring substituents is 1. The van der Waals surface area contributed by atoms with Gasteiger partial charge in [-0.3, -0.25) is 19.7 Å². The molecule has 0 radical (unpaired) electrons. The fourth-order valence-electron chi connectivity index (χ4n) is 2.53. The Morgan fingerprint density at radius 2 is 1.36 bits per heavy atom. The molecule has 0 saturated carbocycles. The summed E-state index contributed by atoms with van der Waals surface area (Å²) < 4.78 is 6.68. The second-order valence-electron chi connectivity index (χ2n) is 6.61. The van der Waals surface area contributed by atoms with Gasteiger partial charge >= 0.3 is 5.97 Å². The Balaban J connectivity index is 0.000000294. The first-order valence-electron chi connectivity index (χ1n) is 9.26. The zero-order valence-corrected chi connectivity index (χ0v) is 20.5. The molecule has 3 rings (SSSR count). The summed E-state index contributed by atoms with van der Waals surface area (Å²) in [7, 11) is 0. The molecule has 170 valence electrons. The van der Waals surface area contributed by atoms with Gasteiger partial charge in [0.25, 0.3) is 5.69 Å². The molecule has 8 nitrogen and oxygen atoms in total. The smallest absolute Gasteiger partial charge is 0.343 e. The van der Waals surface area contributed by atoms with Crippen molar-refractivity contribution in [2.45, 2.75) is 13.8 Å². The number of non-ortho nitro benzene ring substituents is 1. The lowest BCUT2D eigenvalue weighted by Gasteiger charge is -2.08. The van der Waals surface area contributed by atoms with Gasteiger partial charge in [-0.25, -0.2) is 4.79 Å². The largest absolute Gasteiger partial charge is 0.507 e. The van der Waals surface area contributed by atoms with E-state index in [-0.39, 0.29) is 39.9 Å². The highest BCUT2D eigenvalue weighted by molar-refractivity contribution is 9.10. The SMILES string of the molecule is CC(=O)c1cc(Br)ccc1O.CC(=O)c1cc(Br)ccc1OC(=O)c1ccc([N+](=O)[O-])cc1. The molecule has 0 atom stereocenters. The van der Waals surface area contributed by atoms with E-state index in [2.05, 4.69) is 31.9 Å². The van der Waals surface area contributed by atoms with Crippen LogP contribution in [0.2, 0.25) is 0 Å². The van der Waals surface area contributed by atoms with Crippen molar-refractivity contribution in [1.29, 1.82) is 0 Å². The van der Waals surface area contributed by atoms with E-state index < -0.39 is 10.9 Å². The number of Topliss-reactive ketones (excluding diaryl/α,β-unsaturated/α-hetero) is 2. The topological polar surface area (TPSA) is 124 Å². The molecule has 0 heterocycles. The molecular weight excluding hydrogens is 562 g/mol. The van der Waals surface area contributed by atoms with E-state index in [4.69, 9.17) is 9.84 Å². The van der Waals surface area contributed by atoms with E-state index >= 15 is 0 Å². The van der Waals surface area contributed by atoms with Gasteiger partial charge in [0.1, 0.15) is 11.5 Å². The van der Waals surface area contributed by atoms with Gasteiger partial charge < -0.3 is 9.84 Å². The number of halogens is 2. The molecule has 0 aromatic heterocycles. The van der Waals surface area contributed by atoms with Crippen molar-refractivity contribution >= 4 is 55.1 Å². The summed E-state index contributed by atoms with van der Waals surface area (Å²) in [6.45, 7) is 2.78. The highest BCUT2D eigenvalue weighted by Gasteiger charge is 2.16. The Kier molecular flexibility index (Phi) is 9.01. The number of esters is 1. The monoisotopic (exact) mass is 577 g/mol. The summed E-state index contributed by atoms with van der Waals surface area (Å²) in [4.78, 5) is 44.5. The van der Waals surface area contributed by atoms with E-state index in [1.807, 2.05) is 0 Å². The van der Waals surface area contributed by atoms with Crippen molar-refractivity contribution < 1.29 is 29.2 Å². The fraction of sp³-hybridized carbons (Fsp3) is 0.0870. The molecule has 0 unspecified atom stereocenters. The molecule has 0 spiro atoms. The average Bonchev–Trinajstić information content (AvgIpc) is 2.76. The fourth-order valence-corrected chi connectivity index (χ4v) is 3.26. The van der Waals surface area contributed by atoms with E-state index in [9.17, 15) is 24.5 Å². The van der Waals surface area contributed by atoms with Gasteiger partial charge in [-0.05, 0) is 62.4 Å². The molecule has 33 heavy (non-hydrogen) atoms. The summed E-state index contributed by atoms with van der Waals surface area (Å²) in [6, 6.07) is 14.5. The van der Waals surface area contributed by atoms with Crippen molar-refractivity contribution in [2.24, 2.45) is 0 Å². The second-order valence-corrected chi connectivity index (χ2v) is 8.44. The van der Waals surface area contributed by atoms with E-state index in [0.717, 1.165) is 4.47 Å². The third-order valence-corrected chi connectivity index (χ3v) is 5.16. The van der Waals surface area contributed by atoms with Gasteiger partial charge in [0.15, 0.2) is 11.6 Å². The maximum atomic E-state index is 12.0. The highest BCUT2D eigenvalue weighted by Crippen LogP contribution is 2.25. The number of nitro groups is 1. The van der Waals surface area contributed by atoms with Gasteiger partial charge in [-0.2, -0.15) is 0 Å². The summed E-state index contributed by atoms with van der Waals surface area (Å²) in [5, 5.41) is 19.7. The summed E-state index contributed by atoms with van der Waals surface area (Å²) >= 11 is 6.44. The molecule has 0 aliphatic heterocycles. The maximum Gasteiger partial charge on any atom is 0.343 e. The van der Waals surface area contributed by atoms with E-state index in [1.54, 1.807) is 24.3 Å². The third kappa shape index (κ3) is 7.33. The number of carbonyl (C=O) groups is 3. The molecular formula is C23H17Br2NO7. The van der Waals surface area contributed by atoms with Crippen molar-refractivity contribution in [3.05, 3.63) is 96.4 Å². The third-order valence-electron chi connectivity index (χ3n) is 4.18. The molecule has 10 heteroatoms. The quantitative estimate of drug-likeness (QED) is 0.127. The van der Waals surface area contributed by atoms with E-state index in [1.165, 1.54) is 50.2 Å². The lowest BCUT2D eigenvalue weighted by atomic mass is 10.1. The minimum Gasteiger partial charge on any atom is -0.507 e. The number of ketones is 2. The zero-order chi connectivity index (χ0) is 24.7. The normalized spacial score (nSPS) is 9.94. The molecule has 0 aliphatic rings. The number of hydrogen-bond donors (Lipinski definition) is 1. The predicted octanol–water partition coefficient (Wildman–Crippen LogP) is 6.14. The van der Waals surface area contributed by atoms with Crippen LogP contribution in [-0.4, -0.2) is 27.6 Å². The predicted molar refractivity (Wildman–Crippen MR) is 128 cm³/mol. The van der Waals surface area contributed by atoms with Crippen LogP contribution in [0, 0.1) is 10.1 Å². The van der Waals surface area contributed by atoms with Crippen LogP contribution in [0.5, 0.6) is 11.5 Å².